The van der Waals surface area contributed by atoms with Gasteiger partial charge in [-0.05, 0) is 49.9 Å². The molecule has 25 heavy (non-hydrogen) atoms. The van der Waals surface area contributed by atoms with E-state index in [0.29, 0.717) is 16.1 Å². The van der Waals surface area contributed by atoms with E-state index in [-0.39, 0.29) is 0 Å². The molecule has 0 bridgehead atoms. The average Bonchev–Trinajstić information content (AvgIpc) is 2.65. The highest BCUT2D eigenvalue weighted by Crippen LogP contribution is 2.25. The summed E-state index contributed by atoms with van der Waals surface area (Å²) in [6.45, 7) is 2.91. The maximum Gasteiger partial charge on any atom is 0.189 e. The number of hydrogen-bond donors (Lipinski definition) is 0. The van der Waals surface area contributed by atoms with Crippen LogP contribution >= 0.6 is 35.0 Å². The largest absolute Gasteiger partial charge is 0.356 e. The van der Waals surface area contributed by atoms with Crippen molar-refractivity contribution >= 4 is 40.8 Å². The highest BCUT2D eigenvalue weighted by atomic mass is 35.5. The molecular weight excluding hydrogens is 375 g/mol. The number of hydrogen-bond acceptors (Lipinski definition) is 5. The molecule has 1 saturated heterocycles. The number of thioether (sulfide) groups is 1. The van der Waals surface area contributed by atoms with Crippen molar-refractivity contribution in [1.82, 2.24) is 14.9 Å². The minimum absolute atomic E-state index is 0.563. The third-order valence-electron chi connectivity index (χ3n) is 4.63. The second-order valence-corrected chi connectivity index (χ2v) is 7.87. The molecule has 0 aliphatic carbocycles. The summed E-state index contributed by atoms with van der Waals surface area (Å²) < 4.78 is 0. The normalized spacial score (nSPS) is 15.8. The molecule has 0 saturated carbocycles. The second kappa shape index (κ2) is 8.58. The Labute approximate surface area is 163 Å². The fourth-order valence-corrected chi connectivity index (χ4v) is 3.87. The van der Waals surface area contributed by atoms with Crippen molar-refractivity contribution in [3.63, 3.8) is 0 Å². The first-order valence-electron chi connectivity index (χ1n) is 8.33. The van der Waals surface area contributed by atoms with Gasteiger partial charge in [0.1, 0.15) is 5.82 Å². The molecule has 1 aromatic carbocycles. The molecule has 3 rings (SSSR count). The lowest BCUT2D eigenvalue weighted by Crippen LogP contribution is -2.43. The molecule has 0 N–H and O–H groups in total. The van der Waals surface area contributed by atoms with Gasteiger partial charge in [0, 0.05) is 31.9 Å². The van der Waals surface area contributed by atoms with Crippen LogP contribution in [0.25, 0.3) is 0 Å². The molecule has 1 aliphatic rings. The van der Waals surface area contributed by atoms with Gasteiger partial charge in [0.15, 0.2) is 5.16 Å². The van der Waals surface area contributed by atoms with Crippen molar-refractivity contribution in [2.45, 2.75) is 30.6 Å². The topological polar surface area (TPSA) is 32.3 Å². The van der Waals surface area contributed by atoms with Crippen LogP contribution in [-0.4, -0.2) is 47.3 Å². The Morgan fingerprint density at radius 2 is 1.96 bits per heavy atom. The Hall–Kier alpha value is -1.01. The first-order valence-corrected chi connectivity index (χ1v) is 10.3. The molecule has 2 heterocycles. The van der Waals surface area contributed by atoms with Gasteiger partial charge in [-0.1, -0.05) is 41.0 Å². The summed E-state index contributed by atoms with van der Waals surface area (Å²) in [6, 6.07) is 8.44. The number of benzene rings is 1. The smallest absolute Gasteiger partial charge is 0.189 e. The quantitative estimate of drug-likeness (QED) is 0.544. The van der Waals surface area contributed by atoms with E-state index in [1.807, 2.05) is 36.7 Å². The predicted molar refractivity (Wildman–Crippen MR) is 107 cm³/mol. The lowest BCUT2D eigenvalue weighted by molar-refractivity contribution is 0.200. The summed E-state index contributed by atoms with van der Waals surface area (Å²) in [5, 5.41) is 2.06. The molecule has 0 atom stereocenters. The van der Waals surface area contributed by atoms with E-state index in [2.05, 4.69) is 26.8 Å². The van der Waals surface area contributed by atoms with E-state index in [1.54, 1.807) is 11.8 Å². The molecule has 1 fully saturated rings. The highest BCUT2D eigenvalue weighted by Gasteiger charge is 2.23. The van der Waals surface area contributed by atoms with E-state index in [0.717, 1.165) is 43.5 Å². The van der Waals surface area contributed by atoms with Crippen molar-refractivity contribution in [1.29, 1.82) is 0 Å². The van der Waals surface area contributed by atoms with Gasteiger partial charge in [-0.3, -0.25) is 4.90 Å². The van der Waals surface area contributed by atoms with Gasteiger partial charge < -0.3 is 4.90 Å². The summed E-state index contributed by atoms with van der Waals surface area (Å²) in [7, 11) is 2.18. The maximum absolute atomic E-state index is 6.12. The number of halogens is 2. The van der Waals surface area contributed by atoms with Crippen molar-refractivity contribution in [3.05, 3.63) is 46.1 Å². The minimum Gasteiger partial charge on any atom is -0.356 e. The van der Waals surface area contributed by atoms with Crippen molar-refractivity contribution in [2.24, 2.45) is 0 Å². The van der Waals surface area contributed by atoms with Crippen LogP contribution in [0.4, 0.5) is 5.82 Å². The summed E-state index contributed by atoms with van der Waals surface area (Å²) in [5.41, 5.74) is 1.19. The van der Waals surface area contributed by atoms with Gasteiger partial charge in [-0.15, -0.1) is 0 Å². The molecule has 0 radical (unpaired) electrons. The van der Waals surface area contributed by atoms with Crippen LogP contribution in [0.15, 0.2) is 35.6 Å². The summed E-state index contributed by atoms with van der Waals surface area (Å²) in [6.07, 6.45) is 6.09. The molecule has 0 unspecified atom stereocenters. The standard InChI is InChI=1S/C18H22Cl2N4S/c1-23(12-13-3-4-15(19)16(20)11-13)14-6-9-24(10-7-14)17-5-8-21-18(22-17)25-2/h3-5,8,11,14H,6-7,9-10,12H2,1-2H3. The van der Waals surface area contributed by atoms with Gasteiger partial charge in [-0.25, -0.2) is 9.97 Å². The number of rotatable bonds is 5. The highest BCUT2D eigenvalue weighted by molar-refractivity contribution is 7.98. The van der Waals surface area contributed by atoms with Crippen LogP contribution in [0.2, 0.25) is 10.0 Å². The number of aromatic nitrogens is 2. The Balaban J connectivity index is 1.56. The average molecular weight is 397 g/mol. The number of anilines is 1. The number of piperidine rings is 1. The van der Waals surface area contributed by atoms with Crippen LogP contribution in [0.3, 0.4) is 0 Å². The summed E-state index contributed by atoms with van der Waals surface area (Å²) >= 11 is 13.7. The van der Waals surface area contributed by atoms with Gasteiger partial charge in [0.2, 0.25) is 0 Å². The van der Waals surface area contributed by atoms with Crippen molar-refractivity contribution in [3.8, 4) is 0 Å². The molecule has 1 aromatic heterocycles. The molecule has 4 nitrogen and oxygen atoms in total. The lowest BCUT2D eigenvalue weighted by atomic mass is 10.0. The Morgan fingerprint density at radius 1 is 1.20 bits per heavy atom. The zero-order chi connectivity index (χ0) is 17.8. The monoisotopic (exact) mass is 396 g/mol. The first-order chi connectivity index (χ1) is 12.1. The van der Waals surface area contributed by atoms with Gasteiger partial charge in [0.05, 0.1) is 10.0 Å². The fourth-order valence-electron chi connectivity index (χ4n) is 3.20. The van der Waals surface area contributed by atoms with Crippen molar-refractivity contribution < 1.29 is 0 Å². The maximum atomic E-state index is 6.12. The predicted octanol–water partition coefficient (Wildman–Crippen LogP) is 4.61. The molecule has 7 heteroatoms. The molecule has 134 valence electrons. The molecule has 0 spiro atoms. The van der Waals surface area contributed by atoms with Gasteiger partial charge in [-0.2, -0.15) is 0 Å². The van der Waals surface area contributed by atoms with E-state index in [1.165, 1.54) is 5.56 Å². The van der Waals surface area contributed by atoms with Crippen LogP contribution in [-0.2, 0) is 6.54 Å². The Kier molecular flexibility index (Phi) is 6.44. The van der Waals surface area contributed by atoms with E-state index >= 15 is 0 Å². The molecule has 1 aliphatic heterocycles. The molecule has 0 amide bonds. The number of nitrogens with zero attached hydrogens (tertiary/aromatic N) is 4. The van der Waals surface area contributed by atoms with Gasteiger partial charge in [0.25, 0.3) is 0 Å². The molecular formula is C18H22Cl2N4S. The summed E-state index contributed by atoms with van der Waals surface area (Å²) in [5.74, 6) is 1.03. The zero-order valence-corrected chi connectivity index (χ0v) is 16.8. The van der Waals surface area contributed by atoms with Crippen LogP contribution in [0.5, 0.6) is 0 Å². The summed E-state index contributed by atoms with van der Waals surface area (Å²) in [4.78, 5) is 13.6. The SMILES string of the molecule is CSc1nccc(N2CCC(N(C)Cc3ccc(Cl)c(Cl)c3)CC2)n1. The minimum atomic E-state index is 0.563. The van der Waals surface area contributed by atoms with Crippen LogP contribution in [0, 0.1) is 0 Å². The lowest BCUT2D eigenvalue weighted by Gasteiger charge is -2.37. The third kappa shape index (κ3) is 4.79. The zero-order valence-electron chi connectivity index (χ0n) is 14.5. The van der Waals surface area contributed by atoms with E-state index < -0.39 is 0 Å². The Bertz CT molecular complexity index is 720. The second-order valence-electron chi connectivity index (χ2n) is 6.28. The van der Waals surface area contributed by atoms with E-state index in [4.69, 9.17) is 23.2 Å². The van der Waals surface area contributed by atoms with Crippen LogP contribution < -0.4 is 4.90 Å². The molecule has 2 aromatic rings. The first kappa shape index (κ1) is 18.8. The fraction of sp³-hybridized carbons (Fsp3) is 0.444. The Morgan fingerprint density at radius 3 is 2.64 bits per heavy atom. The van der Waals surface area contributed by atoms with Gasteiger partial charge >= 0.3 is 0 Å². The van der Waals surface area contributed by atoms with Crippen molar-refractivity contribution in [2.75, 3.05) is 31.3 Å². The van der Waals surface area contributed by atoms with E-state index in [9.17, 15) is 0 Å². The van der Waals surface area contributed by atoms with Crippen LogP contribution in [0.1, 0.15) is 18.4 Å². The third-order valence-corrected chi connectivity index (χ3v) is 5.93.